The fraction of sp³-hybridized carbons (Fsp3) is 0.833. The summed E-state index contributed by atoms with van der Waals surface area (Å²) in [5.74, 6) is -0.567. The van der Waals surface area contributed by atoms with E-state index in [0.717, 1.165) is 13.2 Å². The molecule has 2 fully saturated rings. The summed E-state index contributed by atoms with van der Waals surface area (Å²) in [5.41, 5.74) is 0. The minimum atomic E-state index is -0.300. The highest BCUT2D eigenvalue weighted by molar-refractivity contribution is 8.00. The molecule has 2 heterocycles. The Balaban J connectivity index is 0.00000392. The fourth-order valence-corrected chi connectivity index (χ4v) is 3.80. The number of carbonyl (C=O) groups is 3. The van der Waals surface area contributed by atoms with Gasteiger partial charge in [-0.25, -0.2) is 0 Å². The Morgan fingerprint density at radius 3 is 2.52 bits per heavy atom. The molecule has 27 heavy (non-hydrogen) atoms. The molecule has 0 aromatic heterocycles. The Morgan fingerprint density at radius 1 is 1.15 bits per heavy atom. The van der Waals surface area contributed by atoms with Crippen LogP contribution in [0, 0.1) is 0 Å². The zero-order valence-electron chi connectivity index (χ0n) is 16.1. The number of likely N-dealkylation sites (tertiary alicyclic amines) is 2. The summed E-state index contributed by atoms with van der Waals surface area (Å²) in [6, 6.07) is 0. The van der Waals surface area contributed by atoms with Crippen molar-refractivity contribution in [1.29, 1.82) is 0 Å². The van der Waals surface area contributed by atoms with Crippen LogP contribution in [0.15, 0.2) is 0 Å². The number of ether oxygens (including phenoxy) is 2. The third kappa shape index (κ3) is 7.77. The standard InChI is InChI=1S/C18H31N3O5S.H2/c1-27-15-14-17(23)21(18(15)24)8-4-16(22)19-5-10-25-12-13-26-11-9-20-6-2-3-7-20;/h15H,2-14H2,1H3,(H,19,22);1H/i;1+2. The van der Waals surface area contributed by atoms with Crippen LogP contribution in [0.4, 0.5) is 0 Å². The minimum Gasteiger partial charge on any atom is -0.378 e. The smallest absolute Gasteiger partial charge is 0.242 e. The quantitative estimate of drug-likeness (QED) is 0.350. The monoisotopic (exact) mass is 405 g/mol. The molecule has 0 aliphatic carbocycles. The average Bonchev–Trinajstić information content (AvgIpc) is 3.26. The van der Waals surface area contributed by atoms with Crippen molar-refractivity contribution >= 4 is 29.5 Å². The number of imide groups is 1. The van der Waals surface area contributed by atoms with Gasteiger partial charge < -0.3 is 19.7 Å². The van der Waals surface area contributed by atoms with Crippen molar-refractivity contribution in [2.24, 2.45) is 0 Å². The van der Waals surface area contributed by atoms with E-state index in [9.17, 15) is 14.4 Å². The molecule has 8 nitrogen and oxygen atoms in total. The van der Waals surface area contributed by atoms with E-state index in [1.807, 2.05) is 6.26 Å². The molecule has 9 heteroatoms. The van der Waals surface area contributed by atoms with Crippen LogP contribution >= 0.6 is 11.8 Å². The molecule has 0 aromatic rings. The van der Waals surface area contributed by atoms with Crippen LogP contribution in [0.1, 0.15) is 27.1 Å². The zero-order chi connectivity index (χ0) is 19.5. The summed E-state index contributed by atoms with van der Waals surface area (Å²) in [4.78, 5) is 39.1. The van der Waals surface area contributed by atoms with E-state index in [2.05, 4.69) is 10.2 Å². The second-order valence-corrected chi connectivity index (χ2v) is 7.73. The van der Waals surface area contributed by atoms with Crippen molar-refractivity contribution in [3.05, 3.63) is 0 Å². The number of carbonyl (C=O) groups excluding carboxylic acids is 3. The van der Waals surface area contributed by atoms with Gasteiger partial charge in [0.2, 0.25) is 17.7 Å². The predicted octanol–water partition coefficient (Wildman–Crippen LogP) is 0.358. The lowest BCUT2D eigenvalue weighted by atomic mass is 10.3. The van der Waals surface area contributed by atoms with Gasteiger partial charge in [0.15, 0.2) is 0 Å². The van der Waals surface area contributed by atoms with Crippen molar-refractivity contribution in [1.82, 2.24) is 15.1 Å². The summed E-state index contributed by atoms with van der Waals surface area (Å²) in [6.07, 6.45) is 4.74. The first-order valence-electron chi connectivity index (χ1n) is 9.63. The SMILES string of the molecule is CSC1CC(=O)N(CCC(=O)NCCOCCOCCN2CCCC2)C1=O.[3HH]. The number of hydrogen-bond donors (Lipinski definition) is 1. The highest BCUT2D eigenvalue weighted by Crippen LogP contribution is 2.22. The van der Waals surface area contributed by atoms with Gasteiger partial charge in [0, 0.05) is 33.9 Å². The van der Waals surface area contributed by atoms with Crippen LogP contribution < -0.4 is 5.32 Å². The first kappa shape index (κ1) is 22.1. The molecule has 3 amide bonds. The number of hydrogen-bond acceptors (Lipinski definition) is 7. The molecule has 2 aliphatic rings. The fourth-order valence-electron chi connectivity index (χ4n) is 3.16. The number of nitrogens with one attached hydrogen (secondary N) is 1. The lowest BCUT2D eigenvalue weighted by molar-refractivity contribution is -0.138. The third-order valence-electron chi connectivity index (χ3n) is 4.74. The summed E-state index contributed by atoms with van der Waals surface area (Å²) >= 11 is 1.37. The molecular formula is C18H33N3O5S. The van der Waals surface area contributed by atoms with Gasteiger partial charge in [-0.15, -0.1) is 0 Å². The lowest BCUT2D eigenvalue weighted by Crippen LogP contribution is -2.36. The Morgan fingerprint density at radius 2 is 1.85 bits per heavy atom. The Kier molecular flexibility index (Phi) is 10.1. The largest absolute Gasteiger partial charge is 0.378 e. The Hall–Kier alpha value is -1.16. The van der Waals surface area contributed by atoms with Crippen molar-refractivity contribution in [2.75, 3.05) is 65.4 Å². The molecule has 0 bridgehead atoms. The van der Waals surface area contributed by atoms with Gasteiger partial charge in [0.25, 0.3) is 0 Å². The maximum absolute atomic E-state index is 12.0. The van der Waals surface area contributed by atoms with Crippen LogP contribution in [0.2, 0.25) is 0 Å². The third-order valence-corrected chi connectivity index (χ3v) is 5.68. The Labute approximate surface area is 166 Å². The van der Waals surface area contributed by atoms with E-state index in [-0.39, 0.29) is 43.8 Å². The maximum Gasteiger partial charge on any atom is 0.242 e. The van der Waals surface area contributed by atoms with E-state index in [1.54, 1.807) is 0 Å². The average molecular weight is 406 g/mol. The van der Waals surface area contributed by atoms with E-state index >= 15 is 0 Å². The second-order valence-electron chi connectivity index (χ2n) is 6.69. The van der Waals surface area contributed by atoms with Crippen LogP contribution in [0.25, 0.3) is 0 Å². The lowest BCUT2D eigenvalue weighted by Gasteiger charge is -2.14. The molecule has 0 saturated carbocycles. The van der Waals surface area contributed by atoms with Crippen molar-refractivity contribution in [2.45, 2.75) is 30.9 Å². The molecule has 0 radical (unpaired) electrons. The summed E-state index contributed by atoms with van der Waals surface area (Å²) in [6.45, 7) is 6.09. The highest BCUT2D eigenvalue weighted by Gasteiger charge is 2.37. The topological polar surface area (TPSA) is 88.2 Å². The molecular weight excluding hydrogens is 370 g/mol. The van der Waals surface area contributed by atoms with E-state index < -0.39 is 0 Å². The molecule has 2 aliphatic heterocycles. The van der Waals surface area contributed by atoms with Crippen LogP contribution in [0.5, 0.6) is 0 Å². The molecule has 1 atom stereocenters. The van der Waals surface area contributed by atoms with Gasteiger partial charge in [-0.1, -0.05) is 0 Å². The van der Waals surface area contributed by atoms with Crippen LogP contribution in [-0.4, -0.2) is 98.2 Å². The first-order chi connectivity index (χ1) is 13.1. The van der Waals surface area contributed by atoms with E-state index in [0.29, 0.717) is 26.4 Å². The molecule has 0 spiro atoms. The van der Waals surface area contributed by atoms with Gasteiger partial charge in [0.1, 0.15) is 0 Å². The Bertz CT molecular complexity index is 506. The first-order valence-corrected chi connectivity index (χ1v) is 10.9. The van der Waals surface area contributed by atoms with Crippen molar-refractivity contribution < 1.29 is 25.3 Å². The van der Waals surface area contributed by atoms with Gasteiger partial charge in [-0.05, 0) is 32.2 Å². The van der Waals surface area contributed by atoms with E-state index in [4.69, 9.17) is 9.47 Å². The zero-order valence-corrected chi connectivity index (χ0v) is 16.9. The number of rotatable bonds is 13. The molecule has 1 N–H and O–H groups in total. The number of amides is 3. The van der Waals surface area contributed by atoms with Gasteiger partial charge in [-0.2, -0.15) is 11.8 Å². The molecule has 0 aromatic carbocycles. The molecule has 2 saturated heterocycles. The second kappa shape index (κ2) is 12.3. The molecule has 156 valence electrons. The maximum atomic E-state index is 12.0. The molecule has 1 unspecified atom stereocenters. The van der Waals surface area contributed by atoms with Crippen LogP contribution in [-0.2, 0) is 23.9 Å². The summed E-state index contributed by atoms with van der Waals surface area (Å²) < 4.78 is 11.0. The van der Waals surface area contributed by atoms with Gasteiger partial charge >= 0.3 is 0 Å². The summed E-state index contributed by atoms with van der Waals surface area (Å²) in [7, 11) is 0. The van der Waals surface area contributed by atoms with Gasteiger partial charge in [0.05, 0.1) is 31.7 Å². The minimum absolute atomic E-state index is 0. The summed E-state index contributed by atoms with van der Waals surface area (Å²) in [5, 5.41) is 2.44. The van der Waals surface area contributed by atoms with Crippen LogP contribution in [0.3, 0.4) is 0 Å². The number of thioether (sulfide) groups is 1. The predicted molar refractivity (Wildman–Crippen MR) is 106 cm³/mol. The normalized spacial score (nSPS) is 20.6. The van der Waals surface area contributed by atoms with Crippen molar-refractivity contribution in [3.8, 4) is 0 Å². The van der Waals surface area contributed by atoms with Gasteiger partial charge in [-0.3, -0.25) is 19.3 Å². The van der Waals surface area contributed by atoms with Crippen molar-refractivity contribution in [3.63, 3.8) is 0 Å². The van der Waals surface area contributed by atoms with E-state index in [1.165, 1.54) is 42.6 Å². The highest BCUT2D eigenvalue weighted by atomic mass is 32.2. The number of nitrogens with zero attached hydrogens (tertiary/aromatic N) is 2. The molecule has 2 rings (SSSR count).